The maximum Gasteiger partial charge on any atom is 0.306 e. The van der Waals surface area contributed by atoms with Gasteiger partial charge >= 0.3 is 11.9 Å². The molecular weight excluding hydrogens is 933 g/mol. The molecule has 1 aliphatic rings. The van der Waals surface area contributed by atoms with Crippen molar-refractivity contribution in [1.29, 1.82) is 0 Å². The van der Waals surface area contributed by atoms with Gasteiger partial charge in [-0.25, -0.2) is 0 Å². The lowest BCUT2D eigenvalue weighted by Crippen LogP contribution is -2.60. The van der Waals surface area contributed by atoms with E-state index in [4.69, 9.17) is 18.9 Å². The minimum absolute atomic E-state index is 0.163. The standard InChI is InChI=1S/C59H108O12S/c1-3-5-7-9-11-13-15-17-19-21-23-25-26-28-30-32-34-36-38-40-42-44-46-48-55(61)70-52(50-69-59-58(64)57(63)56(62)53(71-59)51-72(65,66)67)49-68-54(60)47-45-43-41-39-37-35-33-31-29-27-24-22-20-18-16-14-12-10-8-6-4-2/h15,17,21-24,52-53,56-59,62-64H,3-14,16,18-20,25-51H2,1-2H3,(H,65,66,67)/b17-15-,23-21-,24-22-. The van der Waals surface area contributed by atoms with Crippen LogP contribution in [0, 0.1) is 0 Å². The quantitative estimate of drug-likeness (QED) is 0.0196. The van der Waals surface area contributed by atoms with E-state index >= 15 is 0 Å². The van der Waals surface area contributed by atoms with Crippen molar-refractivity contribution >= 4 is 22.1 Å². The predicted molar refractivity (Wildman–Crippen MR) is 293 cm³/mol. The van der Waals surface area contributed by atoms with Gasteiger partial charge in [-0.2, -0.15) is 8.42 Å². The molecule has 0 aromatic heterocycles. The number of aliphatic hydroxyl groups excluding tert-OH is 3. The molecule has 1 heterocycles. The molecule has 0 amide bonds. The second-order valence-electron chi connectivity index (χ2n) is 20.7. The summed E-state index contributed by atoms with van der Waals surface area (Å²) in [5.41, 5.74) is 0. The number of aliphatic hydroxyl groups is 3. The van der Waals surface area contributed by atoms with E-state index in [0.29, 0.717) is 12.8 Å². The summed E-state index contributed by atoms with van der Waals surface area (Å²) in [6, 6.07) is 0. The third kappa shape index (κ3) is 42.1. The molecule has 1 aliphatic heterocycles. The minimum atomic E-state index is -4.61. The maximum absolute atomic E-state index is 12.9. The summed E-state index contributed by atoms with van der Waals surface area (Å²) < 4.78 is 54.4. The number of rotatable bonds is 51. The molecule has 1 fully saturated rings. The van der Waals surface area contributed by atoms with Crippen molar-refractivity contribution in [2.45, 2.75) is 307 Å². The Balaban J connectivity index is 2.30. The normalized spacial score (nSPS) is 19.0. The first-order valence-corrected chi connectivity index (χ1v) is 31.2. The zero-order chi connectivity index (χ0) is 52.6. The Kier molecular flexibility index (Phi) is 45.7. The highest BCUT2D eigenvalue weighted by atomic mass is 32.2. The monoisotopic (exact) mass is 1040 g/mol. The van der Waals surface area contributed by atoms with E-state index in [1.807, 2.05) is 0 Å². The second kappa shape index (κ2) is 48.5. The van der Waals surface area contributed by atoms with E-state index < -0.39 is 71.2 Å². The summed E-state index contributed by atoms with van der Waals surface area (Å²) in [4.78, 5) is 25.6. The zero-order valence-electron chi connectivity index (χ0n) is 45.8. The molecule has 0 radical (unpaired) electrons. The first-order valence-electron chi connectivity index (χ1n) is 29.5. The Morgan fingerprint density at radius 2 is 0.833 bits per heavy atom. The lowest BCUT2D eigenvalue weighted by Gasteiger charge is -2.40. The highest BCUT2D eigenvalue weighted by molar-refractivity contribution is 7.85. The molecule has 13 heteroatoms. The molecular formula is C59H108O12S. The van der Waals surface area contributed by atoms with Crippen LogP contribution in [0.1, 0.15) is 271 Å². The Morgan fingerprint density at radius 1 is 0.472 bits per heavy atom. The Labute approximate surface area is 440 Å². The molecule has 422 valence electrons. The summed E-state index contributed by atoms with van der Waals surface area (Å²) in [7, 11) is -4.61. The highest BCUT2D eigenvalue weighted by Crippen LogP contribution is 2.24. The van der Waals surface area contributed by atoms with Gasteiger partial charge in [0.2, 0.25) is 0 Å². The van der Waals surface area contributed by atoms with E-state index in [2.05, 4.69) is 50.3 Å². The smallest absolute Gasteiger partial charge is 0.306 e. The van der Waals surface area contributed by atoms with Gasteiger partial charge in [0.15, 0.2) is 12.4 Å². The lowest BCUT2D eigenvalue weighted by molar-refractivity contribution is -0.297. The van der Waals surface area contributed by atoms with Gasteiger partial charge in [-0.15, -0.1) is 0 Å². The molecule has 0 aromatic carbocycles. The average molecular weight is 1040 g/mol. The number of hydrogen-bond acceptors (Lipinski definition) is 11. The fourth-order valence-corrected chi connectivity index (χ4v) is 9.81. The molecule has 1 rings (SSSR count). The van der Waals surface area contributed by atoms with Gasteiger partial charge in [0.05, 0.1) is 6.61 Å². The summed E-state index contributed by atoms with van der Waals surface area (Å²) in [5.74, 6) is -1.97. The molecule has 1 saturated heterocycles. The molecule has 6 unspecified atom stereocenters. The molecule has 4 N–H and O–H groups in total. The van der Waals surface area contributed by atoms with Crippen LogP contribution in [0.15, 0.2) is 36.5 Å². The fraction of sp³-hybridized carbons (Fsp3) is 0.864. The third-order valence-electron chi connectivity index (χ3n) is 13.7. The van der Waals surface area contributed by atoms with Crippen LogP contribution in [0.4, 0.5) is 0 Å². The topological polar surface area (TPSA) is 186 Å². The maximum atomic E-state index is 12.9. The van der Waals surface area contributed by atoms with Crippen LogP contribution >= 0.6 is 0 Å². The molecule has 0 aliphatic carbocycles. The van der Waals surface area contributed by atoms with Gasteiger partial charge in [0.1, 0.15) is 36.8 Å². The summed E-state index contributed by atoms with van der Waals surface area (Å²) in [6.07, 6.45) is 50.4. The second-order valence-corrected chi connectivity index (χ2v) is 22.2. The van der Waals surface area contributed by atoms with E-state index in [9.17, 15) is 37.9 Å². The zero-order valence-corrected chi connectivity index (χ0v) is 46.6. The number of ether oxygens (including phenoxy) is 4. The Bertz CT molecular complexity index is 1450. The summed E-state index contributed by atoms with van der Waals surface area (Å²) in [5, 5.41) is 31.1. The van der Waals surface area contributed by atoms with E-state index in [1.165, 1.54) is 180 Å². The molecule has 0 saturated carbocycles. The molecule has 12 nitrogen and oxygen atoms in total. The summed E-state index contributed by atoms with van der Waals surface area (Å²) in [6.45, 7) is 3.80. The van der Waals surface area contributed by atoms with Crippen LogP contribution in [0.3, 0.4) is 0 Å². The van der Waals surface area contributed by atoms with Gasteiger partial charge in [0.25, 0.3) is 10.1 Å². The molecule has 0 bridgehead atoms. The minimum Gasteiger partial charge on any atom is -0.462 e. The van der Waals surface area contributed by atoms with Crippen LogP contribution in [-0.4, -0.2) is 96.0 Å². The van der Waals surface area contributed by atoms with Crippen molar-refractivity contribution in [2.24, 2.45) is 0 Å². The average Bonchev–Trinajstić information content (AvgIpc) is 3.35. The number of hydrogen-bond donors (Lipinski definition) is 4. The van der Waals surface area contributed by atoms with Crippen LogP contribution in [-0.2, 0) is 38.7 Å². The van der Waals surface area contributed by atoms with Crippen molar-refractivity contribution in [1.82, 2.24) is 0 Å². The van der Waals surface area contributed by atoms with Gasteiger partial charge in [-0.05, 0) is 70.6 Å². The van der Waals surface area contributed by atoms with Crippen LogP contribution < -0.4 is 0 Å². The van der Waals surface area contributed by atoms with Gasteiger partial charge in [0, 0.05) is 12.8 Å². The van der Waals surface area contributed by atoms with Crippen LogP contribution in [0.5, 0.6) is 0 Å². The van der Waals surface area contributed by atoms with E-state index in [1.54, 1.807) is 0 Å². The summed E-state index contributed by atoms with van der Waals surface area (Å²) >= 11 is 0. The van der Waals surface area contributed by atoms with E-state index in [0.717, 1.165) is 51.4 Å². The number of carbonyl (C=O) groups is 2. The number of allylic oxidation sites excluding steroid dienone is 6. The van der Waals surface area contributed by atoms with Crippen LogP contribution in [0.2, 0.25) is 0 Å². The van der Waals surface area contributed by atoms with Crippen molar-refractivity contribution < 1.29 is 56.8 Å². The molecule has 0 aromatic rings. The fourth-order valence-electron chi connectivity index (χ4n) is 9.12. The largest absolute Gasteiger partial charge is 0.462 e. The predicted octanol–water partition coefficient (Wildman–Crippen LogP) is 14.5. The van der Waals surface area contributed by atoms with Crippen molar-refractivity contribution in [3.63, 3.8) is 0 Å². The first-order chi connectivity index (χ1) is 35.0. The van der Waals surface area contributed by atoms with Crippen LogP contribution in [0.25, 0.3) is 0 Å². The highest BCUT2D eigenvalue weighted by Gasteiger charge is 2.46. The number of carbonyl (C=O) groups excluding carboxylic acids is 2. The van der Waals surface area contributed by atoms with Crippen molar-refractivity contribution in [3.8, 4) is 0 Å². The third-order valence-corrected chi connectivity index (χ3v) is 14.4. The lowest BCUT2D eigenvalue weighted by atomic mass is 10.00. The Hall–Kier alpha value is -2.13. The van der Waals surface area contributed by atoms with Gasteiger partial charge < -0.3 is 34.3 Å². The van der Waals surface area contributed by atoms with Gasteiger partial charge in [-0.3, -0.25) is 14.1 Å². The van der Waals surface area contributed by atoms with Crippen molar-refractivity contribution in [2.75, 3.05) is 19.0 Å². The molecule has 0 spiro atoms. The Morgan fingerprint density at radius 3 is 1.24 bits per heavy atom. The van der Waals surface area contributed by atoms with Crippen molar-refractivity contribution in [3.05, 3.63) is 36.5 Å². The molecule has 6 atom stereocenters. The van der Waals surface area contributed by atoms with E-state index in [-0.39, 0.29) is 19.4 Å². The SMILES string of the molecule is CCCCCCC/C=C\C/C=C\CCCCCCCCCCCCCC(=O)OC(COC(=O)CCCCCCCCCCC/C=C\CCCCCCCCCC)COC1OC(CS(=O)(=O)O)C(O)C(O)C1O. The van der Waals surface area contributed by atoms with Gasteiger partial charge in [-0.1, -0.05) is 224 Å². The number of esters is 2. The molecule has 72 heavy (non-hydrogen) atoms. The first kappa shape index (κ1) is 67.9. The number of unbranched alkanes of at least 4 members (excludes halogenated alkanes) is 33.